The molecule has 1 amide bonds. The molecule has 1 saturated heterocycles. The second-order valence-corrected chi connectivity index (χ2v) is 5.21. The van der Waals surface area contributed by atoms with Gasteiger partial charge in [-0.1, -0.05) is 6.92 Å². The van der Waals surface area contributed by atoms with E-state index in [2.05, 4.69) is 12.2 Å². The third kappa shape index (κ3) is 3.74. The Morgan fingerprint density at radius 2 is 2.26 bits per heavy atom. The zero-order valence-corrected chi connectivity index (χ0v) is 12.6. The highest BCUT2D eigenvalue weighted by molar-refractivity contribution is 5.85. The summed E-state index contributed by atoms with van der Waals surface area (Å²) in [6.07, 6.45) is 2.06. The van der Waals surface area contributed by atoms with Crippen molar-refractivity contribution < 1.29 is 9.21 Å². The van der Waals surface area contributed by atoms with Gasteiger partial charge in [0.25, 0.3) is 0 Å². The lowest BCUT2D eigenvalue weighted by molar-refractivity contribution is -0.135. The van der Waals surface area contributed by atoms with Gasteiger partial charge in [0.05, 0.1) is 12.6 Å². The molecule has 2 rings (SSSR count). The maximum Gasteiger partial charge on any atom is 0.237 e. The van der Waals surface area contributed by atoms with Gasteiger partial charge in [-0.25, -0.2) is 0 Å². The summed E-state index contributed by atoms with van der Waals surface area (Å²) in [6.45, 7) is 5.40. The lowest BCUT2D eigenvalue weighted by atomic mass is 9.91. The first-order valence-corrected chi connectivity index (χ1v) is 6.62. The lowest BCUT2D eigenvalue weighted by Gasteiger charge is -2.37. The molecule has 0 bridgehead atoms. The van der Waals surface area contributed by atoms with Crippen LogP contribution in [0.1, 0.15) is 37.3 Å². The van der Waals surface area contributed by atoms with Crippen LogP contribution >= 0.6 is 12.4 Å². The number of carbonyl (C=O) groups is 1. The Hall–Kier alpha value is -1.00. The van der Waals surface area contributed by atoms with Crippen LogP contribution in [0.4, 0.5) is 0 Å². The molecule has 5 heteroatoms. The molecule has 1 aromatic heterocycles. The van der Waals surface area contributed by atoms with Crippen LogP contribution in [0.3, 0.4) is 0 Å². The fraction of sp³-hybridized carbons (Fsp3) is 0.643. The number of rotatable bonds is 3. The van der Waals surface area contributed by atoms with Crippen LogP contribution in [0.2, 0.25) is 0 Å². The first kappa shape index (κ1) is 16.1. The molecule has 2 heterocycles. The molecule has 0 spiro atoms. The number of halogens is 1. The fourth-order valence-corrected chi connectivity index (χ4v) is 2.60. The predicted molar refractivity (Wildman–Crippen MR) is 77.5 cm³/mol. The summed E-state index contributed by atoms with van der Waals surface area (Å²) in [4.78, 5) is 14.1. The average Bonchev–Trinajstić information content (AvgIpc) is 2.76. The van der Waals surface area contributed by atoms with Crippen LogP contribution in [0.15, 0.2) is 16.5 Å². The number of hydrogen-bond donors (Lipinski definition) is 1. The third-order valence-electron chi connectivity index (χ3n) is 3.60. The molecule has 108 valence electrons. The van der Waals surface area contributed by atoms with Gasteiger partial charge in [-0.05, 0) is 44.9 Å². The Kier molecular flexibility index (Phi) is 5.88. The van der Waals surface area contributed by atoms with E-state index in [4.69, 9.17) is 4.42 Å². The summed E-state index contributed by atoms with van der Waals surface area (Å²) in [5, 5.41) is 2.93. The minimum atomic E-state index is 0. The van der Waals surface area contributed by atoms with E-state index in [-0.39, 0.29) is 24.4 Å². The van der Waals surface area contributed by atoms with Gasteiger partial charge in [0.2, 0.25) is 5.91 Å². The molecule has 2 atom stereocenters. The van der Waals surface area contributed by atoms with Crippen molar-refractivity contribution in [1.29, 1.82) is 0 Å². The van der Waals surface area contributed by atoms with Crippen molar-refractivity contribution in [3.63, 3.8) is 0 Å². The van der Waals surface area contributed by atoms with Gasteiger partial charge in [0.1, 0.15) is 11.5 Å². The largest absolute Gasteiger partial charge is 0.464 e. The summed E-state index contributed by atoms with van der Waals surface area (Å²) >= 11 is 0. The highest BCUT2D eigenvalue weighted by atomic mass is 35.5. The number of nitrogens with one attached hydrogen (secondary N) is 1. The molecule has 1 N–H and O–H groups in total. The lowest BCUT2D eigenvalue weighted by Crippen LogP contribution is -2.43. The zero-order chi connectivity index (χ0) is 13.1. The number of likely N-dealkylation sites (tertiary alicyclic amines) is 1. The Morgan fingerprint density at radius 3 is 2.84 bits per heavy atom. The fourth-order valence-electron chi connectivity index (χ4n) is 2.60. The Balaban J connectivity index is 0.00000180. The SMILES string of the molecule is CNCC(=O)N1CCC(C)CC1c1ccc(C)o1.Cl. The van der Waals surface area contributed by atoms with Crippen LogP contribution in [0, 0.1) is 12.8 Å². The Morgan fingerprint density at radius 1 is 1.53 bits per heavy atom. The molecule has 19 heavy (non-hydrogen) atoms. The number of hydrogen-bond acceptors (Lipinski definition) is 3. The average molecular weight is 287 g/mol. The highest BCUT2D eigenvalue weighted by Gasteiger charge is 2.32. The van der Waals surface area contributed by atoms with Gasteiger partial charge in [-0.3, -0.25) is 4.79 Å². The number of piperidine rings is 1. The number of amides is 1. The molecule has 1 aromatic rings. The summed E-state index contributed by atoms with van der Waals surface area (Å²) in [6, 6.07) is 4.07. The Labute approximate surface area is 120 Å². The normalized spacial score (nSPS) is 23.0. The minimum Gasteiger partial charge on any atom is -0.464 e. The van der Waals surface area contributed by atoms with E-state index < -0.39 is 0 Å². The van der Waals surface area contributed by atoms with Gasteiger partial charge in [0.15, 0.2) is 0 Å². The van der Waals surface area contributed by atoms with Crippen LogP contribution in [0.5, 0.6) is 0 Å². The topological polar surface area (TPSA) is 45.5 Å². The number of carbonyl (C=O) groups excluding carboxylic acids is 1. The molecule has 1 fully saturated rings. The van der Waals surface area contributed by atoms with E-state index in [0.717, 1.165) is 30.9 Å². The minimum absolute atomic E-state index is 0. The molecular formula is C14H23ClN2O2. The van der Waals surface area contributed by atoms with Crippen LogP contribution in [0.25, 0.3) is 0 Å². The second-order valence-electron chi connectivity index (χ2n) is 5.21. The number of aryl methyl sites for hydroxylation is 1. The summed E-state index contributed by atoms with van der Waals surface area (Å²) in [5.41, 5.74) is 0. The van der Waals surface area contributed by atoms with Crippen molar-refractivity contribution >= 4 is 18.3 Å². The quantitative estimate of drug-likeness (QED) is 0.929. The highest BCUT2D eigenvalue weighted by Crippen LogP contribution is 2.34. The van der Waals surface area contributed by atoms with E-state index in [1.807, 2.05) is 24.0 Å². The van der Waals surface area contributed by atoms with Crippen molar-refractivity contribution in [2.24, 2.45) is 5.92 Å². The van der Waals surface area contributed by atoms with E-state index in [1.54, 1.807) is 7.05 Å². The van der Waals surface area contributed by atoms with Gasteiger partial charge >= 0.3 is 0 Å². The van der Waals surface area contributed by atoms with Gasteiger partial charge < -0.3 is 14.6 Å². The van der Waals surface area contributed by atoms with E-state index >= 15 is 0 Å². The number of nitrogens with zero attached hydrogens (tertiary/aromatic N) is 1. The third-order valence-corrected chi connectivity index (χ3v) is 3.60. The second kappa shape index (κ2) is 6.96. The monoisotopic (exact) mass is 286 g/mol. The molecule has 2 unspecified atom stereocenters. The van der Waals surface area contributed by atoms with Crippen LogP contribution in [-0.4, -0.2) is 30.9 Å². The van der Waals surface area contributed by atoms with Crippen molar-refractivity contribution in [2.45, 2.75) is 32.7 Å². The van der Waals surface area contributed by atoms with Gasteiger partial charge in [-0.15, -0.1) is 12.4 Å². The van der Waals surface area contributed by atoms with Crippen molar-refractivity contribution in [2.75, 3.05) is 20.1 Å². The first-order valence-electron chi connectivity index (χ1n) is 6.62. The van der Waals surface area contributed by atoms with Crippen LogP contribution < -0.4 is 5.32 Å². The maximum atomic E-state index is 12.1. The van der Waals surface area contributed by atoms with Gasteiger partial charge in [0, 0.05) is 6.54 Å². The van der Waals surface area contributed by atoms with Crippen molar-refractivity contribution in [1.82, 2.24) is 10.2 Å². The van der Waals surface area contributed by atoms with Crippen molar-refractivity contribution in [3.05, 3.63) is 23.7 Å². The molecule has 4 nitrogen and oxygen atoms in total. The summed E-state index contributed by atoms with van der Waals surface area (Å²) in [5.74, 6) is 2.62. The standard InChI is InChI=1S/C14H22N2O2.ClH/c1-10-6-7-16(14(17)9-15-3)12(8-10)13-5-4-11(2)18-13;/h4-5,10,12,15H,6-9H2,1-3H3;1H. The number of furan rings is 1. The van der Waals surface area contributed by atoms with Crippen molar-refractivity contribution in [3.8, 4) is 0 Å². The summed E-state index contributed by atoms with van der Waals surface area (Å²) in [7, 11) is 1.80. The molecule has 0 aromatic carbocycles. The van der Waals surface area contributed by atoms with E-state index in [0.29, 0.717) is 12.5 Å². The molecule has 1 aliphatic heterocycles. The molecule has 0 saturated carbocycles. The first-order chi connectivity index (χ1) is 8.61. The molecule has 0 radical (unpaired) electrons. The Bertz CT molecular complexity index is 419. The zero-order valence-electron chi connectivity index (χ0n) is 11.8. The maximum absolute atomic E-state index is 12.1. The van der Waals surface area contributed by atoms with Gasteiger partial charge in [-0.2, -0.15) is 0 Å². The molecular weight excluding hydrogens is 264 g/mol. The molecule has 1 aliphatic rings. The summed E-state index contributed by atoms with van der Waals surface area (Å²) < 4.78 is 5.72. The van der Waals surface area contributed by atoms with E-state index in [9.17, 15) is 4.79 Å². The predicted octanol–water partition coefficient (Wildman–Crippen LogP) is 2.53. The number of likely N-dealkylation sites (N-methyl/N-ethyl adjacent to an activating group) is 1. The molecule has 0 aliphatic carbocycles. The van der Waals surface area contributed by atoms with E-state index in [1.165, 1.54) is 0 Å². The van der Waals surface area contributed by atoms with Crippen LogP contribution in [-0.2, 0) is 4.79 Å². The smallest absolute Gasteiger partial charge is 0.237 e.